The Morgan fingerprint density at radius 2 is 2.33 bits per heavy atom. The topological polar surface area (TPSA) is 33.0 Å². The SMILES string of the molecule is COc1ccc(F)cc1CC#N. The molecule has 0 N–H and O–H groups in total. The molecule has 1 aromatic carbocycles. The van der Waals surface area contributed by atoms with Crippen LogP contribution in [0, 0.1) is 17.1 Å². The minimum atomic E-state index is -0.346. The predicted molar refractivity (Wildman–Crippen MR) is 42.3 cm³/mol. The molecule has 12 heavy (non-hydrogen) atoms. The van der Waals surface area contributed by atoms with E-state index in [-0.39, 0.29) is 12.2 Å². The molecule has 1 aromatic rings. The maximum atomic E-state index is 12.6. The highest BCUT2D eigenvalue weighted by atomic mass is 19.1. The van der Waals surface area contributed by atoms with Gasteiger partial charge in [0.2, 0.25) is 0 Å². The highest BCUT2D eigenvalue weighted by molar-refractivity contribution is 5.35. The molecule has 0 aromatic heterocycles. The second-order valence-corrected chi connectivity index (χ2v) is 2.29. The maximum Gasteiger partial charge on any atom is 0.123 e. The number of ether oxygens (including phenoxy) is 1. The second kappa shape index (κ2) is 3.72. The van der Waals surface area contributed by atoms with Gasteiger partial charge in [-0.1, -0.05) is 0 Å². The summed E-state index contributed by atoms with van der Waals surface area (Å²) in [6, 6.07) is 6.07. The van der Waals surface area contributed by atoms with Gasteiger partial charge in [-0.3, -0.25) is 0 Å². The molecule has 0 amide bonds. The summed E-state index contributed by atoms with van der Waals surface area (Å²) in [5, 5.41) is 8.40. The van der Waals surface area contributed by atoms with Gasteiger partial charge in [0.15, 0.2) is 0 Å². The fourth-order valence-electron chi connectivity index (χ4n) is 0.970. The van der Waals surface area contributed by atoms with Crippen molar-refractivity contribution in [3.05, 3.63) is 29.6 Å². The summed E-state index contributed by atoms with van der Waals surface area (Å²) in [5.41, 5.74) is 0.583. The number of methoxy groups -OCH3 is 1. The first kappa shape index (κ1) is 8.54. The fraction of sp³-hybridized carbons (Fsp3) is 0.222. The fourth-order valence-corrected chi connectivity index (χ4v) is 0.970. The molecule has 0 aliphatic rings. The molecule has 0 saturated carbocycles. The number of nitrogens with zero attached hydrogens (tertiary/aromatic N) is 1. The van der Waals surface area contributed by atoms with Crippen LogP contribution in [0.2, 0.25) is 0 Å². The molecule has 1 rings (SSSR count). The molecule has 0 spiro atoms. The molecule has 0 fully saturated rings. The highest BCUT2D eigenvalue weighted by Gasteiger charge is 2.02. The van der Waals surface area contributed by atoms with Gasteiger partial charge in [0.1, 0.15) is 11.6 Å². The Balaban J connectivity index is 3.05. The van der Waals surface area contributed by atoms with Crippen molar-refractivity contribution in [2.75, 3.05) is 7.11 Å². The van der Waals surface area contributed by atoms with Crippen LogP contribution in [0.5, 0.6) is 5.75 Å². The first-order valence-corrected chi connectivity index (χ1v) is 3.47. The third-order valence-corrected chi connectivity index (χ3v) is 1.51. The van der Waals surface area contributed by atoms with E-state index in [1.165, 1.54) is 25.3 Å². The van der Waals surface area contributed by atoms with E-state index in [0.717, 1.165) is 0 Å². The Labute approximate surface area is 70.2 Å². The third-order valence-electron chi connectivity index (χ3n) is 1.51. The van der Waals surface area contributed by atoms with E-state index in [1.807, 2.05) is 6.07 Å². The summed E-state index contributed by atoms with van der Waals surface area (Å²) in [6.07, 6.45) is 0.168. The number of halogens is 1. The summed E-state index contributed by atoms with van der Waals surface area (Å²) >= 11 is 0. The van der Waals surface area contributed by atoms with E-state index in [1.54, 1.807) is 0 Å². The Kier molecular flexibility index (Phi) is 2.65. The van der Waals surface area contributed by atoms with Gasteiger partial charge in [-0.2, -0.15) is 5.26 Å². The Morgan fingerprint density at radius 3 is 2.92 bits per heavy atom. The van der Waals surface area contributed by atoms with Gasteiger partial charge in [-0.15, -0.1) is 0 Å². The first-order chi connectivity index (χ1) is 5.77. The largest absolute Gasteiger partial charge is 0.496 e. The Hall–Kier alpha value is -1.56. The van der Waals surface area contributed by atoms with E-state index in [0.29, 0.717) is 11.3 Å². The third kappa shape index (κ3) is 1.73. The molecule has 0 atom stereocenters. The molecule has 0 aliphatic carbocycles. The molecule has 2 nitrogen and oxygen atoms in total. The molecular weight excluding hydrogens is 157 g/mol. The lowest BCUT2D eigenvalue weighted by Crippen LogP contribution is -1.91. The Bertz CT molecular complexity index is 317. The number of hydrogen-bond acceptors (Lipinski definition) is 2. The molecule has 0 saturated heterocycles. The van der Waals surface area contributed by atoms with Crippen LogP contribution in [-0.4, -0.2) is 7.11 Å². The van der Waals surface area contributed by atoms with Gasteiger partial charge in [-0.05, 0) is 18.2 Å². The molecule has 0 bridgehead atoms. The average Bonchev–Trinajstić information content (AvgIpc) is 2.05. The molecule has 0 radical (unpaired) electrons. The average molecular weight is 165 g/mol. The summed E-state index contributed by atoms with van der Waals surface area (Å²) < 4.78 is 17.6. The van der Waals surface area contributed by atoms with Gasteiger partial charge in [-0.25, -0.2) is 4.39 Å². The van der Waals surface area contributed by atoms with Crippen LogP contribution < -0.4 is 4.74 Å². The summed E-state index contributed by atoms with van der Waals surface area (Å²) in [5.74, 6) is 0.207. The lowest BCUT2D eigenvalue weighted by molar-refractivity contribution is 0.409. The quantitative estimate of drug-likeness (QED) is 0.670. The Morgan fingerprint density at radius 1 is 1.58 bits per heavy atom. The van der Waals surface area contributed by atoms with Crippen molar-refractivity contribution in [2.24, 2.45) is 0 Å². The summed E-state index contributed by atoms with van der Waals surface area (Å²) in [6.45, 7) is 0. The van der Waals surface area contributed by atoms with Gasteiger partial charge in [0, 0.05) is 5.56 Å². The van der Waals surface area contributed by atoms with E-state index >= 15 is 0 Å². The van der Waals surface area contributed by atoms with Crippen molar-refractivity contribution in [3.63, 3.8) is 0 Å². The van der Waals surface area contributed by atoms with Crippen molar-refractivity contribution in [3.8, 4) is 11.8 Å². The van der Waals surface area contributed by atoms with Crippen LogP contribution in [0.25, 0.3) is 0 Å². The second-order valence-electron chi connectivity index (χ2n) is 2.29. The number of hydrogen-bond donors (Lipinski definition) is 0. The number of nitriles is 1. The minimum absolute atomic E-state index is 0.168. The van der Waals surface area contributed by atoms with Crippen LogP contribution in [0.4, 0.5) is 4.39 Å². The summed E-state index contributed by atoms with van der Waals surface area (Å²) in [4.78, 5) is 0. The monoisotopic (exact) mass is 165 g/mol. The van der Waals surface area contributed by atoms with Crippen molar-refractivity contribution in [1.29, 1.82) is 5.26 Å². The maximum absolute atomic E-state index is 12.6. The molecule has 0 aliphatic heterocycles. The van der Waals surface area contributed by atoms with Crippen molar-refractivity contribution < 1.29 is 9.13 Å². The smallest absolute Gasteiger partial charge is 0.123 e. The lowest BCUT2D eigenvalue weighted by Gasteiger charge is -2.04. The van der Waals surface area contributed by atoms with E-state index < -0.39 is 0 Å². The molecular formula is C9H8FNO. The van der Waals surface area contributed by atoms with Gasteiger partial charge < -0.3 is 4.74 Å². The van der Waals surface area contributed by atoms with Crippen LogP contribution in [0.3, 0.4) is 0 Å². The van der Waals surface area contributed by atoms with Crippen molar-refractivity contribution in [2.45, 2.75) is 6.42 Å². The zero-order valence-electron chi connectivity index (χ0n) is 6.67. The van der Waals surface area contributed by atoms with E-state index in [2.05, 4.69) is 0 Å². The van der Waals surface area contributed by atoms with Crippen LogP contribution in [0.1, 0.15) is 5.56 Å². The van der Waals surface area contributed by atoms with Gasteiger partial charge in [0.25, 0.3) is 0 Å². The minimum Gasteiger partial charge on any atom is -0.496 e. The molecule has 0 unspecified atom stereocenters. The van der Waals surface area contributed by atoms with Gasteiger partial charge in [0.05, 0.1) is 19.6 Å². The van der Waals surface area contributed by atoms with Gasteiger partial charge >= 0.3 is 0 Å². The van der Waals surface area contributed by atoms with E-state index in [9.17, 15) is 4.39 Å². The molecule has 3 heteroatoms. The van der Waals surface area contributed by atoms with E-state index in [4.69, 9.17) is 10.00 Å². The molecule has 0 heterocycles. The summed E-state index contributed by atoms with van der Waals surface area (Å²) in [7, 11) is 1.49. The lowest BCUT2D eigenvalue weighted by atomic mass is 10.1. The molecule has 62 valence electrons. The van der Waals surface area contributed by atoms with Crippen LogP contribution in [-0.2, 0) is 6.42 Å². The zero-order valence-corrected chi connectivity index (χ0v) is 6.67. The highest BCUT2D eigenvalue weighted by Crippen LogP contribution is 2.19. The van der Waals surface area contributed by atoms with Crippen molar-refractivity contribution in [1.82, 2.24) is 0 Å². The predicted octanol–water partition coefficient (Wildman–Crippen LogP) is 1.90. The van der Waals surface area contributed by atoms with Crippen LogP contribution in [0.15, 0.2) is 18.2 Å². The van der Waals surface area contributed by atoms with Crippen LogP contribution >= 0.6 is 0 Å². The first-order valence-electron chi connectivity index (χ1n) is 3.47. The normalized spacial score (nSPS) is 9.08. The van der Waals surface area contributed by atoms with Crippen molar-refractivity contribution >= 4 is 0 Å². The standard InChI is InChI=1S/C9H8FNO/c1-12-9-3-2-8(10)6-7(9)4-5-11/h2-3,6H,4H2,1H3. The number of rotatable bonds is 2. The number of benzene rings is 1. The zero-order chi connectivity index (χ0) is 8.97.